The quantitative estimate of drug-likeness (QED) is 0.780. The van der Waals surface area contributed by atoms with Gasteiger partial charge in [0.1, 0.15) is 0 Å². The summed E-state index contributed by atoms with van der Waals surface area (Å²) < 4.78 is 5.09. The van der Waals surface area contributed by atoms with E-state index in [1.165, 1.54) is 24.0 Å². The standard InChI is InChI=1S/C16H25NO/c1-13-4-6-15(7-5-13)16(9-8-14(16)2)12-17-10-11-18-3/h4-7,14,17H,8-12H2,1-3H3. The molecule has 1 aromatic rings. The molecule has 0 aromatic heterocycles. The average Bonchev–Trinajstić information content (AvgIpc) is 2.38. The number of rotatable bonds is 6. The summed E-state index contributed by atoms with van der Waals surface area (Å²) in [4.78, 5) is 0. The van der Waals surface area contributed by atoms with E-state index in [9.17, 15) is 0 Å². The molecule has 1 N–H and O–H groups in total. The van der Waals surface area contributed by atoms with E-state index < -0.39 is 0 Å². The number of nitrogens with one attached hydrogen (secondary N) is 1. The Morgan fingerprint density at radius 2 is 2.06 bits per heavy atom. The van der Waals surface area contributed by atoms with Crippen molar-refractivity contribution in [2.45, 2.75) is 32.1 Å². The highest BCUT2D eigenvalue weighted by molar-refractivity contribution is 5.32. The van der Waals surface area contributed by atoms with Crippen LogP contribution in [0.4, 0.5) is 0 Å². The fraction of sp³-hybridized carbons (Fsp3) is 0.625. The molecule has 0 radical (unpaired) electrons. The largest absolute Gasteiger partial charge is 0.383 e. The molecule has 0 bridgehead atoms. The lowest BCUT2D eigenvalue weighted by Crippen LogP contribution is -2.50. The summed E-state index contributed by atoms with van der Waals surface area (Å²) in [6.45, 7) is 7.33. The van der Waals surface area contributed by atoms with Crippen LogP contribution in [-0.4, -0.2) is 26.8 Å². The highest BCUT2D eigenvalue weighted by Crippen LogP contribution is 2.48. The highest BCUT2D eigenvalue weighted by Gasteiger charge is 2.44. The molecule has 2 rings (SSSR count). The average molecular weight is 247 g/mol. The van der Waals surface area contributed by atoms with E-state index in [1.54, 1.807) is 7.11 Å². The Morgan fingerprint density at radius 3 is 2.56 bits per heavy atom. The number of ether oxygens (including phenoxy) is 1. The van der Waals surface area contributed by atoms with Crippen molar-refractivity contribution < 1.29 is 4.74 Å². The molecule has 0 amide bonds. The van der Waals surface area contributed by atoms with Crippen LogP contribution in [0.5, 0.6) is 0 Å². The van der Waals surface area contributed by atoms with Gasteiger partial charge in [0.2, 0.25) is 0 Å². The summed E-state index contributed by atoms with van der Waals surface area (Å²) in [5.41, 5.74) is 3.19. The van der Waals surface area contributed by atoms with Crippen LogP contribution in [0.1, 0.15) is 30.9 Å². The third kappa shape index (κ3) is 2.60. The minimum absolute atomic E-state index is 0.349. The first-order valence-electron chi connectivity index (χ1n) is 6.96. The molecule has 18 heavy (non-hydrogen) atoms. The third-order valence-corrected chi connectivity index (χ3v) is 4.52. The molecule has 1 aromatic carbocycles. The number of aryl methyl sites for hydroxylation is 1. The minimum atomic E-state index is 0.349. The lowest BCUT2D eigenvalue weighted by molar-refractivity contribution is 0.127. The van der Waals surface area contributed by atoms with E-state index in [4.69, 9.17) is 4.74 Å². The van der Waals surface area contributed by atoms with Crippen LogP contribution in [0.25, 0.3) is 0 Å². The lowest BCUT2D eigenvalue weighted by Gasteiger charge is -2.49. The molecular weight excluding hydrogens is 222 g/mol. The van der Waals surface area contributed by atoms with Crippen molar-refractivity contribution >= 4 is 0 Å². The van der Waals surface area contributed by atoms with Crippen LogP contribution in [0.2, 0.25) is 0 Å². The molecule has 1 fully saturated rings. The SMILES string of the molecule is COCCNCC1(c2ccc(C)cc2)CCC1C. The van der Waals surface area contributed by atoms with Crippen molar-refractivity contribution in [3.05, 3.63) is 35.4 Å². The predicted octanol–water partition coefficient (Wildman–Crippen LogP) is 2.90. The van der Waals surface area contributed by atoms with Crippen LogP contribution in [0.15, 0.2) is 24.3 Å². The normalized spacial score (nSPS) is 26.9. The van der Waals surface area contributed by atoms with Gasteiger partial charge in [0.25, 0.3) is 0 Å². The molecule has 0 saturated heterocycles. The number of methoxy groups -OCH3 is 1. The van der Waals surface area contributed by atoms with Gasteiger partial charge in [-0.1, -0.05) is 36.8 Å². The number of benzene rings is 1. The second-order valence-corrected chi connectivity index (χ2v) is 5.63. The zero-order valence-corrected chi connectivity index (χ0v) is 11.8. The Kier molecular flexibility index (Phi) is 4.41. The molecule has 2 unspecified atom stereocenters. The first-order chi connectivity index (χ1) is 8.69. The molecule has 0 heterocycles. The Hall–Kier alpha value is -0.860. The van der Waals surface area contributed by atoms with Gasteiger partial charge in [-0.25, -0.2) is 0 Å². The summed E-state index contributed by atoms with van der Waals surface area (Å²) in [5, 5.41) is 3.55. The van der Waals surface area contributed by atoms with Crippen LogP contribution < -0.4 is 5.32 Å². The molecule has 1 saturated carbocycles. The maximum Gasteiger partial charge on any atom is 0.0587 e. The zero-order valence-electron chi connectivity index (χ0n) is 11.8. The van der Waals surface area contributed by atoms with E-state index in [1.807, 2.05) is 0 Å². The van der Waals surface area contributed by atoms with Crippen LogP contribution in [0, 0.1) is 12.8 Å². The van der Waals surface area contributed by atoms with Crippen molar-refractivity contribution in [1.82, 2.24) is 5.32 Å². The second kappa shape index (κ2) is 5.85. The van der Waals surface area contributed by atoms with Crippen molar-refractivity contribution in [2.75, 3.05) is 26.8 Å². The van der Waals surface area contributed by atoms with Crippen molar-refractivity contribution in [3.8, 4) is 0 Å². The Bertz CT molecular complexity index is 373. The molecular formula is C16H25NO. The van der Waals surface area contributed by atoms with Gasteiger partial charge in [-0.05, 0) is 31.2 Å². The molecule has 0 aliphatic heterocycles. The third-order valence-electron chi connectivity index (χ3n) is 4.52. The van der Waals surface area contributed by atoms with Gasteiger partial charge >= 0.3 is 0 Å². The molecule has 1 aliphatic carbocycles. The van der Waals surface area contributed by atoms with Crippen molar-refractivity contribution in [1.29, 1.82) is 0 Å². The maximum atomic E-state index is 5.09. The van der Waals surface area contributed by atoms with E-state index >= 15 is 0 Å². The lowest BCUT2D eigenvalue weighted by atomic mass is 9.57. The zero-order chi connectivity index (χ0) is 13.0. The summed E-state index contributed by atoms with van der Waals surface area (Å²) in [7, 11) is 1.75. The predicted molar refractivity (Wildman–Crippen MR) is 76.0 cm³/mol. The van der Waals surface area contributed by atoms with E-state index in [2.05, 4.69) is 43.4 Å². The summed E-state index contributed by atoms with van der Waals surface area (Å²) in [6.07, 6.45) is 2.65. The smallest absolute Gasteiger partial charge is 0.0587 e. The van der Waals surface area contributed by atoms with Gasteiger partial charge in [-0.15, -0.1) is 0 Å². The molecule has 1 aliphatic rings. The molecule has 2 atom stereocenters. The molecule has 0 spiro atoms. The van der Waals surface area contributed by atoms with Crippen molar-refractivity contribution in [2.24, 2.45) is 5.92 Å². The minimum Gasteiger partial charge on any atom is -0.383 e. The summed E-state index contributed by atoms with van der Waals surface area (Å²) >= 11 is 0. The fourth-order valence-electron chi connectivity index (χ4n) is 2.95. The summed E-state index contributed by atoms with van der Waals surface area (Å²) in [5.74, 6) is 0.773. The highest BCUT2D eigenvalue weighted by atomic mass is 16.5. The van der Waals surface area contributed by atoms with Gasteiger partial charge in [-0.2, -0.15) is 0 Å². The molecule has 100 valence electrons. The first kappa shape index (κ1) is 13.6. The number of hydrogen-bond acceptors (Lipinski definition) is 2. The first-order valence-corrected chi connectivity index (χ1v) is 6.96. The van der Waals surface area contributed by atoms with Crippen LogP contribution >= 0.6 is 0 Å². The summed E-state index contributed by atoms with van der Waals surface area (Å²) in [6, 6.07) is 9.08. The van der Waals surface area contributed by atoms with E-state index in [-0.39, 0.29) is 0 Å². The molecule has 2 nitrogen and oxygen atoms in total. The van der Waals surface area contributed by atoms with E-state index in [0.717, 1.165) is 25.6 Å². The van der Waals surface area contributed by atoms with Gasteiger partial charge in [-0.3, -0.25) is 0 Å². The van der Waals surface area contributed by atoms with Gasteiger partial charge < -0.3 is 10.1 Å². The van der Waals surface area contributed by atoms with Crippen LogP contribution in [0.3, 0.4) is 0 Å². The van der Waals surface area contributed by atoms with E-state index in [0.29, 0.717) is 5.41 Å². The topological polar surface area (TPSA) is 21.3 Å². The number of hydrogen-bond donors (Lipinski definition) is 1. The van der Waals surface area contributed by atoms with Crippen molar-refractivity contribution in [3.63, 3.8) is 0 Å². The van der Waals surface area contributed by atoms with Crippen LogP contribution in [-0.2, 0) is 10.2 Å². The van der Waals surface area contributed by atoms with Gasteiger partial charge in [0.15, 0.2) is 0 Å². The Balaban J connectivity index is 2.05. The fourth-order valence-corrected chi connectivity index (χ4v) is 2.95. The van der Waals surface area contributed by atoms with Gasteiger partial charge in [0, 0.05) is 25.6 Å². The second-order valence-electron chi connectivity index (χ2n) is 5.63. The Labute approximate surface area is 111 Å². The van der Waals surface area contributed by atoms with Gasteiger partial charge in [0.05, 0.1) is 6.61 Å². The monoisotopic (exact) mass is 247 g/mol. The molecule has 2 heteroatoms. The Morgan fingerprint density at radius 1 is 1.33 bits per heavy atom. The maximum absolute atomic E-state index is 5.09.